The number of pyridine rings is 1. The summed E-state index contributed by atoms with van der Waals surface area (Å²) in [5, 5.41) is 3.40. The van der Waals surface area contributed by atoms with E-state index >= 15 is 0 Å². The summed E-state index contributed by atoms with van der Waals surface area (Å²) in [6.45, 7) is 0. The predicted molar refractivity (Wildman–Crippen MR) is 65.3 cm³/mol. The third-order valence-corrected chi connectivity index (χ3v) is 4.09. The number of rotatable bonds is 3. The highest BCUT2D eigenvalue weighted by Crippen LogP contribution is 2.17. The van der Waals surface area contributed by atoms with Crippen LogP contribution in [0.25, 0.3) is 0 Å². The molecule has 1 fully saturated rings. The van der Waals surface area contributed by atoms with E-state index in [-0.39, 0.29) is 0 Å². The Morgan fingerprint density at radius 3 is 2.75 bits per heavy atom. The van der Waals surface area contributed by atoms with Gasteiger partial charge < -0.3 is 10.1 Å². The first-order chi connectivity index (χ1) is 7.78. The Kier molecular flexibility index (Phi) is 3.77. The molecule has 1 aromatic heterocycles. The maximum atomic E-state index is 11.2. The largest absolute Gasteiger partial charge is 0.481 e. The lowest BCUT2D eigenvalue weighted by Gasteiger charge is -2.23. The average Bonchev–Trinajstić information content (AvgIpc) is 2.33. The summed E-state index contributed by atoms with van der Waals surface area (Å²) in [7, 11) is 1.00. The van der Waals surface area contributed by atoms with E-state index in [0.717, 1.165) is 30.0 Å². The Balaban J connectivity index is 1.90. The van der Waals surface area contributed by atoms with Crippen molar-refractivity contribution in [1.82, 2.24) is 4.98 Å². The van der Waals surface area contributed by atoms with E-state index in [4.69, 9.17) is 4.74 Å². The first-order valence-corrected chi connectivity index (χ1v) is 6.88. The Morgan fingerprint density at radius 1 is 1.44 bits per heavy atom. The third kappa shape index (κ3) is 2.95. The molecular weight excluding hydrogens is 224 g/mol. The maximum Gasteiger partial charge on any atom is 0.213 e. The molecule has 0 aromatic carbocycles. The van der Waals surface area contributed by atoms with E-state index in [1.807, 2.05) is 12.1 Å². The standard InChI is InChI=1S/C11H16N2O2S/c1-15-11-3-2-10(8-12-11)13-9-4-6-16(14)7-5-9/h2-3,8-9,13H,4-7H2,1H3. The summed E-state index contributed by atoms with van der Waals surface area (Å²) in [5.74, 6) is 2.23. The van der Waals surface area contributed by atoms with Crippen molar-refractivity contribution in [3.05, 3.63) is 18.3 Å². The number of methoxy groups -OCH3 is 1. The summed E-state index contributed by atoms with van der Waals surface area (Å²) in [6.07, 6.45) is 3.71. The zero-order valence-corrected chi connectivity index (χ0v) is 10.1. The van der Waals surface area contributed by atoms with Crippen LogP contribution < -0.4 is 10.1 Å². The third-order valence-electron chi connectivity index (χ3n) is 2.70. The van der Waals surface area contributed by atoms with Crippen molar-refractivity contribution in [1.29, 1.82) is 0 Å². The van der Waals surface area contributed by atoms with Gasteiger partial charge in [-0.1, -0.05) is 0 Å². The summed E-state index contributed by atoms with van der Waals surface area (Å²) in [6, 6.07) is 4.22. The Bertz CT molecular complexity index is 357. The molecule has 0 radical (unpaired) electrons. The molecule has 5 heteroatoms. The van der Waals surface area contributed by atoms with Gasteiger partial charge in [-0.25, -0.2) is 4.98 Å². The molecule has 1 saturated heterocycles. The first-order valence-electron chi connectivity index (χ1n) is 5.39. The van der Waals surface area contributed by atoms with Crippen LogP contribution in [0.4, 0.5) is 5.69 Å². The maximum absolute atomic E-state index is 11.2. The van der Waals surface area contributed by atoms with Crippen LogP contribution in [0.3, 0.4) is 0 Å². The van der Waals surface area contributed by atoms with E-state index in [2.05, 4.69) is 10.3 Å². The Morgan fingerprint density at radius 2 is 2.19 bits per heavy atom. The van der Waals surface area contributed by atoms with E-state index in [9.17, 15) is 4.21 Å². The molecule has 0 aliphatic carbocycles. The van der Waals surface area contributed by atoms with Gasteiger partial charge in [0, 0.05) is 34.4 Å². The molecule has 0 unspecified atom stereocenters. The number of anilines is 1. The van der Waals surface area contributed by atoms with Gasteiger partial charge >= 0.3 is 0 Å². The number of aromatic nitrogens is 1. The van der Waals surface area contributed by atoms with Crippen molar-refractivity contribution in [3.63, 3.8) is 0 Å². The summed E-state index contributed by atoms with van der Waals surface area (Å²) >= 11 is 0. The van der Waals surface area contributed by atoms with Gasteiger partial charge in [0.25, 0.3) is 0 Å². The second kappa shape index (κ2) is 5.30. The van der Waals surface area contributed by atoms with Crippen LogP contribution in [0.2, 0.25) is 0 Å². The van der Waals surface area contributed by atoms with Crippen LogP contribution in [-0.4, -0.2) is 33.9 Å². The highest BCUT2D eigenvalue weighted by Gasteiger charge is 2.17. The molecule has 1 aliphatic heterocycles. The van der Waals surface area contributed by atoms with E-state index in [1.54, 1.807) is 13.3 Å². The average molecular weight is 240 g/mol. The molecule has 2 heterocycles. The Hall–Kier alpha value is -1.10. The van der Waals surface area contributed by atoms with Crippen LogP contribution in [-0.2, 0) is 10.8 Å². The predicted octanol–water partition coefficient (Wildman–Crippen LogP) is 1.41. The first kappa shape index (κ1) is 11.4. The van der Waals surface area contributed by atoms with Gasteiger partial charge in [-0.15, -0.1) is 0 Å². The fraction of sp³-hybridized carbons (Fsp3) is 0.545. The van der Waals surface area contributed by atoms with Crippen LogP contribution in [0.1, 0.15) is 12.8 Å². The smallest absolute Gasteiger partial charge is 0.213 e. The molecule has 0 amide bonds. The molecule has 1 aliphatic rings. The number of hydrogen-bond donors (Lipinski definition) is 1. The van der Waals surface area contributed by atoms with Gasteiger partial charge in [0.05, 0.1) is 19.0 Å². The zero-order chi connectivity index (χ0) is 11.4. The molecule has 16 heavy (non-hydrogen) atoms. The molecule has 1 aromatic rings. The summed E-state index contributed by atoms with van der Waals surface area (Å²) in [5.41, 5.74) is 0.999. The lowest BCUT2D eigenvalue weighted by molar-refractivity contribution is 0.398. The molecular formula is C11H16N2O2S. The minimum Gasteiger partial charge on any atom is -0.481 e. The molecule has 0 atom stereocenters. The highest BCUT2D eigenvalue weighted by molar-refractivity contribution is 7.85. The van der Waals surface area contributed by atoms with Crippen molar-refractivity contribution < 1.29 is 8.95 Å². The second-order valence-corrected chi connectivity index (χ2v) is 5.55. The lowest BCUT2D eigenvalue weighted by Crippen LogP contribution is -2.29. The van der Waals surface area contributed by atoms with Crippen LogP contribution in [0.15, 0.2) is 18.3 Å². The van der Waals surface area contributed by atoms with Crippen molar-refractivity contribution in [3.8, 4) is 5.88 Å². The van der Waals surface area contributed by atoms with E-state index in [1.165, 1.54) is 0 Å². The van der Waals surface area contributed by atoms with Gasteiger partial charge in [-0.05, 0) is 18.9 Å². The summed E-state index contributed by atoms with van der Waals surface area (Å²) < 4.78 is 16.2. The molecule has 0 spiro atoms. The fourth-order valence-electron chi connectivity index (χ4n) is 1.76. The molecule has 0 bridgehead atoms. The Labute approximate surface area is 97.9 Å². The topological polar surface area (TPSA) is 51.2 Å². The SMILES string of the molecule is COc1ccc(NC2CCS(=O)CC2)cn1. The minimum atomic E-state index is -0.600. The molecule has 88 valence electrons. The zero-order valence-electron chi connectivity index (χ0n) is 9.31. The number of nitrogens with zero attached hydrogens (tertiary/aromatic N) is 1. The van der Waals surface area contributed by atoms with Gasteiger partial charge in [0.15, 0.2) is 0 Å². The van der Waals surface area contributed by atoms with Crippen LogP contribution in [0.5, 0.6) is 5.88 Å². The van der Waals surface area contributed by atoms with Crippen molar-refractivity contribution in [2.45, 2.75) is 18.9 Å². The normalized spacial score (nSPS) is 25.1. The van der Waals surface area contributed by atoms with Gasteiger partial charge in [-0.2, -0.15) is 0 Å². The van der Waals surface area contributed by atoms with Crippen molar-refractivity contribution in [2.75, 3.05) is 23.9 Å². The molecule has 1 N–H and O–H groups in total. The van der Waals surface area contributed by atoms with Crippen LogP contribution in [0, 0.1) is 0 Å². The van der Waals surface area contributed by atoms with Gasteiger partial charge in [-0.3, -0.25) is 4.21 Å². The molecule has 2 rings (SSSR count). The minimum absolute atomic E-state index is 0.424. The fourth-order valence-corrected chi connectivity index (χ4v) is 3.06. The van der Waals surface area contributed by atoms with E-state index < -0.39 is 10.8 Å². The number of ether oxygens (including phenoxy) is 1. The quantitative estimate of drug-likeness (QED) is 0.868. The number of hydrogen-bond acceptors (Lipinski definition) is 4. The van der Waals surface area contributed by atoms with E-state index in [0.29, 0.717) is 11.9 Å². The summed E-state index contributed by atoms with van der Waals surface area (Å²) in [4.78, 5) is 4.13. The lowest BCUT2D eigenvalue weighted by atomic mass is 10.1. The van der Waals surface area contributed by atoms with Gasteiger partial charge in [0.2, 0.25) is 5.88 Å². The second-order valence-electron chi connectivity index (χ2n) is 3.86. The van der Waals surface area contributed by atoms with Crippen LogP contribution >= 0.6 is 0 Å². The molecule has 4 nitrogen and oxygen atoms in total. The monoisotopic (exact) mass is 240 g/mol. The molecule has 0 saturated carbocycles. The van der Waals surface area contributed by atoms with Crippen molar-refractivity contribution in [2.24, 2.45) is 0 Å². The van der Waals surface area contributed by atoms with Gasteiger partial charge in [0.1, 0.15) is 0 Å². The van der Waals surface area contributed by atoms with Crippen molar-refractivity contribution >= 4 is 16.5 Å². The number of nitrogens with one attached hydrogen (secondary N) is 1. The highest BCUT2D eigenvalue weighted by atomic mass is 32.2.